The monoisotopic (exact) mass is 297 g/mol. The Hall–Kier alpha value is -2.39. The van der Waals surface area contributed by atoms with Crippen LogP contribution < -0.4 is 5.32 Å². The first-order chi connectivity index (χ1) is 10.8. The molecule has 2 aromatic heterocycles. The number of imidazole rings is 1. The number of nitriles is 1. The topological polar surface area (TPSA) is 75.8 Å². The molecule has 0 aliphatic carbocycles. The van der Waals surface area contributed by atoms with Gasteiger partial charge in [-0.15, -0.1) is 0 Å². The summed E-state index contributed by atoms with van der Waals surface area (Å²) in [6.07, 6.45) is 7.64. The number of nitrogens with one attached hydrogen (secondary N) is 1. The van der Waals surface area contributed by atoms with Gasteiger partial charge in [0.2, 0.25) is 0 Å². The zero-order chi connectivity index (χ0) is 15.4. The van der Waals surface area contributed by atoms with Crippen LogP contribution in [0, 0.1) is 17.2 Å². The Morgan fingerprint density at radius 3 is 3.05 bits per heavy atom. The molecule has 3 heterocycles. The predicted molar refractivity (Wildman–Crippen MR) is 82.1 cm³/mol. The zero-order valence-corrected chi connectivity index (χ0v) is 12.6. The average Bonchev–Trinajstić information content (AvgIpc) is 2.99. The van der Waals surface area contributed by atoms with Crippen LogP contribution in [0.15, 0.2) is 30.7 Å². The van der Waals surface area contributed by atoms with Crippen LogP contribution in [-0.2, 0) is 11.8 Å². The summed E-state index contributed by atoms with van der Waals surface area (Å²) in [5.74, 6) is 1.34. The predicted octanol–water partition coefficient (Wildman–Crippen LogP) is 2.27. The fourth-order valence-electron chi connectivity index (χ4n) is 2.80. The van der Waals surface area contributed by atoms with Crippen LogP contribution in [0.25, 0.3) is 0 Å². The summed E-state index contributed by atoms with van der Waals surface area (Å²) in [5.41, 5.74) is 1.35. The van der Waals surface area contributed by atoms with Crippen LogP contribution in [0.2, 0.25) is 0 Å². The summed E-state index contributed by atoms with van der Waals surface area (Å²) in [6, 6.07) is 5.62. The highest BCUT2D eigenvalue weighted by molar-refractivity contribution is 5.42. The van der Waals surface area contributed by atoms with E-state index in [0.29, 0.717) is 11.6 Å². The molecule has 0 spiro atoms. The molecule has 0 amide bonds. The molecule has 0 saturated carbocycles. The van der Waals surface area contributed by atoms with Gasteiger partial charge in [0, 0.05) is 38.5 Å². The van der Waals surface area contributed by atoms with Crippen molar-refractivity contribution in [2.24, 2.45) is 13.0 Å². The summed E-state index contributed by atoms with van der Waals surface area (Å²) in [4.78, 5) is 8.50. The van der Waals surface area contributed by atoms with Crippen molar-refractivity contribution in [2.75, 3.05) is 18.5 Å². The van der Waals surface area contributed by atoms with E-state index in [2.05, 4.69) is 15.3 Å². The lowest BCUT2D eigenvalue weighted by molar-refractivity contribution is -0.0304. The second kappa shape index (κ2) is 6.58. The molecule has 1 aliphatic rings. The summed E-state index contributed by atoms with van der Waals surface area (Å²) in [7, 11) is 2.00. The van der Waals surface area contributed by atoms with Crippen molar-refractivity contribution < 1.29 is 4.74 Å². The SMILES string of the molecule is Cn1ccnc1[C@@H]1OCCC[C@H]1CNc1ccc(C#N)nc1. The van der Waals surface area contributed by atoms with Crippen molar-refractivity contribution in [1.82, 2.24) is 14.5 Å². The van der Waals surface area contributed by atoms with Gasteiger partial charge >= 0.3 is 0 Å². The average molecular weight is 297 g/mol. The first-order valence-electron chi connectivity index (χ1n) is 7.47. The van der Waals surface area contributed by atoms with Crippen LogP contribution in [0.3, 0.4) is 0 Å². The zero-order valence-electron chi connectivity index (χ0n) is 12.6. The fraction of sp³-hybridized carbons (Fsp3) is 0.438. The molecule has 0 radical (unpaired) electrons. The van der Waals surface area contributed by atoms with Crippen molar-refractivity contribution in [3.63, 3.8) is 0 Å². The molecule has 2 aromatic rings. The maximum absolute atomic E-state index is 8.77. The van der Waals surface area contributed by atoms with Crippen LogP contribution in [-0.4, -0.2) is 27.7 Å². The van der Waals surface area contributed by atoms with E-state index in [9.17, 15) is 0 Å². The second-order valence-corrected chi connectivity index (χ2v) is 5.51. The van der Waals surface area contributed by atoms with Crippen LogP contribution in [0.5, 0.6) is 0 Å². The number of ether oxygens (including phenoxy) is 1. The van der Waals surface area contributed by atoms with E-state index >= 15 is 0 Å². The molecule has 6 heteroatoms. The summed E-state index contributed by atoms with van der Waals surface area (Å²) >= 11 is 0. The molecule has 1 aliphatic heterocycles. The molecule has 0 bridgehead atoms. The van der Waals surface area contributed by atoms with Crippen molar-refractivity contribution >= 4 is 5.69 Å². The Morgan fingerprint density at radius 1 is 1.45 bits per heavy atom. The Kier molecular flexibility index (Phi) is 4.35. The lowest BCUT2D eigenvalue weighted by Crippen LogP contribution is -2.30. The standard InChI is InChI=1S/C16H19N5O/c1-21-7-6-18-16(21)15-12(3-2-8-22-15)10-19-14-5-4-13(9-17)20-11-14/h4-7,11-12,15,19H,2-3,8,10H2,1H3/t12-,15+/m0/s1. The van der Waals surface area contributed by atoms with Gasteiger partial charge in [0.15, 0.2) is 0 Å². The van der Waals surface area contributed by atoms with Gasteiger partial charge in [-0.25, -0.2) is 9.97 Å². The molecule has 0 aromatic carbocycles. The van der Waals surface area contributed by atoms with E-state index in [-0.39, 0.29) is 6.10 Å². The van der Waals surface area contributed by atoms with Gasteiger partial charge in [0.05, 0.1) is 11.9 Å². The van der Waals surface area contributed by atoms with Crippen molar-refractivity contribution in [2.45, 2.75) is 18.9 Å². The number of pyridine rings is 1. The van der Waals surface area contributed by atoms with Gasteiger partial charge in [-0.3, -0.25) is 0 Å². The first-order valence-corrected chi connectivity index (χ1v) is 7.47. The molecule has 1 N–H and O–H groups in total. The van der Waals surface area contributed by atoms with Crippen molar-refractivity contribution in [3.05, 3.63) is 42.2 Å². The number of hydrogen-bond acceptors (Lipinski definition) is 5. The van der Waals surface area contributed by atoms with E-state index in [4.69, 9.17) is 10.00 Å². The largest absolute Gasteiger partial charge is 0.383 e. The van der Waals surface area contributed by atoms with Gasteiger partial charge in [-0.1, -0.05) is 0 Å². The van der Waals surface area contributed by atoms with Gasteiger partial charge in [-0.05, 0) is 25.0 Å². The molecule has 0 unspecified atom stereocenters. The smallest absolute Gasteiger partial charge is 0.140 e. The minimum atomic E-state index is 0.0209. The lowest BCUT2D eigenvalue weighted by atomic mass is 9.93. The third-order valence-electron chi connectivity index (χ3n) is 4.00. The van der Waals surface area contributed by atoms with Crippen molar-refractivity contribution in [1.29, 1.82) is 5.26 Å². The fourth-order valence-corrected chi connectivity index (χ4v) is 2.80. The number of rotatable bonds is 4. The Morgan fingerprint density at radius 2 is 2.36 bits per heavy atom. The Balaban J connectivity index is 1.66. The van der Waals surface area contributed by atoms with Gasteiger partial charge in [0.1, 0.15) is 23.7 Å². The number of anilines is 1. The van der Waals surface area contributed by atoms with Gasteiger partial charge < -0.3 is 14.6 Å². The highest BCUT2D eigenvalue weighted by atomic mass is 16.5. The van der Waals surface area contributed by atoms with Gasteiger partial charge in [0.25, 0.3) is 0 Å². The van der Waals surface area contributed by atoms with E-state index in [1.807, 2.05) is 36.1 Å². The van der Waals surface area contributed by atoms with E-state index in [1.165, 1.54) is 0 Å². The lowest BCUT2D eigenvalue weighted by Gasteiger charge is -2.31. The summed E-state index contributed by atoms with van der Waals surface area (Å²) in [5, 5.41) is 12.2. The quantitative estimate of drug-likeness (QED) is 0.937. The highest BCUT2D eigenvalue weighted by Crippen LogP contribution is 2.32. The molecule has 3 rings (SSSR count). The molecular weight excluding hydrogens is 278 g/mol. The number of nitrogens with zero attached hydrogens (tertiary/aromatic N) is 4. The maximum atomic E-state index is 8.77. The Labute approximate surface area is 129 Å². The van der Waals surface area contributed by atoms with E-state index < -0.39 is 0 Å². The summed E-state index contributed by atoms with van der Waals surface area (Å²) < 4.78 is 7.98. The van der Waals surface area contributed by atoms with Crippen LogP contribution >= 0.6 is 0 Å². The Bertz CT molecular complexity index is 658. The molecule has 1 saturated heterocycles. The number of aryl methyl sites for hydroxylation is 1. The van der Waals surface area contributed by atoms with Gasteiger partial charge in [-0.2, -0.15) is 5.26 Å². The van der Waals surface area contributed by atoms with Crippen LogP contribution in [0.1, 0.15) is 30.5 Å². The minimum absolute atomic E-state index is 0.0209. The van der Waals surface area contributed by atoms with Crippen molar-refractivity contribution in [3.8, 4) is 6.07 Å². The molecule has 2 atom stereocenters. The summed E-state index contributed by atoms with van der Waals surface area (Å²) in [6.45, 7) is 1.58. The van der Waals surface area contributed by atoms with Crippen LogP contribution in [0.4, 0.5) is 5.69 Å². The molecule has 6 nitrogen and oxygen atoms in total. The number of hydrogen-bond donors (Lipinski definition) is 1. The third kappa shape index (κ3) is 3.10. The number of aromatic nitrogens is 3. The molecule has 22 heavy (non-hydrogen) atoms. The molecule has 1 fully saturated rings. The van der Waals surface area contributed by atoms with E-state index in [1.54, 1.807) is 12.3 Å². The minimum Gasteiger partial charge on any atom is -0.383 e. The second-order valence-electron chi connectivity index (χ2n) is 5.51. The van der Waals surface area contributed by atoms with E-state index in [0.717, 1.165) is 37.5 Å². The highest BCUT2D eigenvalue weighted by Gasteiger charge is 2.30. The molecule has 114 valence electrons. The normalized spacial score (nSPS) is 21.3. The first kappa shape index (κ1) is 14.5. The third-order valence-corrected chi connectivity index (χ3v) is 4.00. The molecular formula is C16H19N5O. The maximum Gasteiger partial charge on any atom is 0.140 e.